The Balaban J connectivity index is 2.10. The highest BCUT2D eigenvalue weighted by Gasteiger charge is 2.13. The topological polar surface area (TPSA) is 12.0 Å². The van der Waals surface area contributed by atoms with Crippen LogP contribution in [0.25, 0.3) is 0 Å². The maximum Gasteiger partial charge on any atom is 0.00546 e. The molecule has 0 aliphatic heterocycles. The minimum absolute atomic E-state index is 0.538. The lowest BCUT2D eigenvalue weighted by Crippen LogP contribution is -2.28. The first-order valence-corrected chi connectivity index (χ1v) is 7.80. The Morgan fingerprint density at radius 3 is 2.37 bits per heavy atom. The van der Waals surface area contributed by atoms with Crippen molar-refractivity contribution in [3.8, 4) is 0 Å². The van der Waals surface area contributed by atoms with Gasteiger partial charge in [0.05, 0.1) is 0 Å². The molecule has 0 radical (unpaired) electrons. The molecule has 0 bridgehead atoms. The van der Waals surface area contributed by atoms with Gasteiger partial charge in [0.25, 0.3) is 0 Å². The summed E-state index contributed by atoms with van der Waals surface area (Å²) in [6.45, 7) is 7.63. The lowest BCUT2D eigenvalue weighted by Gasteiger charge is -2.19. The van der Waals surface area contributed by atoms with Gasteiger partial charge in [0.1, 0.15) is 0 Å². The van der Waals surface area contributed by atoms with Crippen molar-refractivity contribution in [2.75, 3.05) is 6.54 Å². The zero-order valence-corrected chi connectivity index (χ0v) is 12.8. The molecule has 1 N–H and O–H groups in total. The fraction of sp³-hybridized carbons (Fsp3) is 0.412. The number of hydrogen-bond acceptors (Lipinski definition) is 2. The summed E-state index contributed by atoms with van der Waals surface area (Å²) < 4.78 is 0. The Morgan fingerprint density at radius 2 is 1.79 bits per heavy atom. The minimum Gasteiger partial charge on any atom is -0.314 e. The average molecular weight is 273 g/mol. The molecule has 0 spiro atoms. The summed E-state index contributed by atoms with van der Waals surface area (Å²) in [6.07, 6.45) is 1.13. The van der Waals surface area contributed by atoms with Crippen LogP contribution in [0.5, 0.6) is 0 Å². The van der Waals surface area contributed by atoms with Gasteiger partial charge in [0, 0.05) is 28.3 Å². The number of nitrogens with one attached hydrogen (secondary N) is 1. The van der Waals surface area contributed by atoms with E-state index in [1.807, 2.05) is 11.3 Å². The van der Waals surface area contributed by atoms with Crippen molar-refractivity contribution in [1.29, 1.82) is 0 Å². The summed E-state index contributed by atoms with van der Waals surface area (Å²) in [6, 6.07) is 15.9. The van der Waals surface area contributed by atoms with Crippen LogP contribution in [-0.2, 0) is 6.42 Å². The van der Waals surface area contributed by atoms with Crippen molar-refractivity contribution in [3.63, 3.8) is 0 Å². The van der Waals surface area contributed by atoms with E-state index in [9.17, 15) is 0 Å². The van der Waals surface area contributed by atoms with Gasteiger partial charge in [-0.25, -0.2) is 0 Å². The second-order valence-electron chi connectivity index (χ2n) is 5.39. The second-order valence-corrected chi connectivity index (χ2v) is 6.76. The van der Waals surface area contributed by atoms with Crippen molar-refractivity contribution in [2.45, 2.75) is 39.2 Å². The van der Waals surface area contributed by atoms with Gasteiger partial charge in [-0.05, 0) is 31.0 Å². The summed E-state index contributed by atoms with van der Waals surface area (Å²) in [5.41, 5.74) is 1.43. The standard InChI is InChI=1S/C17H23NS/c1-13(2)18-12-16(15-7-5-4-6-8-15)11-17-10-9-14(3)19-17/h4-10,13,16,18H,11-12H2,1-3H3. The van der Waals surface area contributed by atoms with Crippen LogP contribution >= 0.6 is 11.3 Å². The fourth-order valence-corrected chi connectivity index (χ4v) is 3.22. The molecule has 0 saturated carbocycles. The number of thiophene rings is 1. The maximum absolute atomic E-state index is 3.58. The quantitative estimate of drug-likeness (QED) is 0.823. The summed E-state index contributed by atoms with van der Waals surface area (Å²) in [7, 11) is 0. The molecule has 1 atom stereocenters. The Bertz CT molecular complexity index is 487. The molecule has 0 aliphatic carbocycles. The number of rotatable bonds is 6. The number of aryl methyl sites for hydroxylation is 1. The largest absolute Gasteiger partial charge is 0.314 e. The highest BCUT2D eigenvalue weighted by atomic mass is 32.1. The van der Waals surface area contributed by atoms with E-state index >= 15 is 0 Å². The average Bonchev–Trinajstić information content (AvgIpc) is 2.81. The SMILES string of the molecule is Cc1ccc(CC(CNC(C)C)c2ccccc2)s1. The first kappa shape index (κ1) is 14.3. The van der Waals surface area contributed by atoms with Gasteiger partial charge in [-0.1, -0.05) is 44.2 Å². The van der Waals surface area contributed by atoms with E-state index in [0.29, 0.717) is 12.0 Å². The predicted octanol–water partition coefficient (Wildman–Crippen LogP) is 4.38. The van der Waals surface area contributed by atoms with Crippen molar-refractivity contribution in [3.05, 3.63) is 57.8 Å². The van der Waals surface area contributed by atoms with Gasteiger partial charge in [-0.2, -0.15) is 0 Å². The molecule has 1 heterocycles. The minimum atomic E-state index is 0.538. The van der Waals surface area contributed by atoms with Crippen LogP contribution in [0, 0.1) is 6.92 Å². The Morgan fingerprint density at radius 1 is 1.05 bits per heavy atom. The summed E-state index contributed by atoms with van der Waals surface area (Å²) in [5, 5.41) is 3.58. The third kappa shape index (κ3) is 4.48. The monoisotopic (exact) mass is 273 g/mol. The first-order valence-electron chi connectivity index (χ1n) is 6.99. The number of hydrogen-bond donors (Lipinski definition) is 1. The molecular weight excluding hydrogens is 250 g/mol. The van der Waals surface area contributed by atoms with Crippen LogP contribution in [0.3, 0.4) is 0 Å². The third-order valence-corrected chi connectivity index (χ3v) is 4.31. The molecule has 2 aromatic rings. The van der Waals surface area contributed by atoms with E-state index in [4.69, 9.17) is 0 Å². The Hall–Kier alpha value is -1.12. The molecule has 0 amide bonds. The van der Waals surface area contributed by atoms with Gasteiger partial charge < -0.3 is 5.32 Å². The smallest absolute Gasteiger partial charge is 0.00546 e. The molecule has 1 aromatic heterocycles. The van der Waals surface area contributed by atoms with Crippen molar-refractivity contribution in [1.82, 2.24) is 5.32 Å². The first-order chi connectivity index (χ1) is 9.15. The summed E-state index contributed by atoms with van der Waals surface area (Å²) in [5.74, 6) is 0.557. The fourth-order valence-electron chi connectivity index (χ4n) is 2.25. The second kappa shape index (κ2) is 6.88. The third-order valence-electron chi connectivity index (χ3n) is 3.29. The molecule has 0 fully saturated rings. The summed E-state index contributed by atoms with van der Waals surface area (Å²) >= 11 is 1.92. The van der Waals surface area contributed by atoms with Crippen LogP contribution in [0.2, 0.25) is 0 Å². The van der Waals surface area contributed by atoms with Crippen LogP contribution in [0.15, 0.2) is 42.5 Å². The van der Waals surface area contributed by atoms with Gasteiger partial charge in [0.15, 0.2) is 0 Å². The van der Waals surface area contributed by atoms with E-state index in [-0.39, 0.29) is 0 Å². The molecule has 102 valence electrons. The Labute approximate surface area is 120 Å². The maximum atomic E-state index is 3.58. The van der Waals surface area contributed by atoms with E-state index in [1.165, 1.54) is 15.3 Å². The van der Waals surface area contributed by atoms with E-state index in [0.717, 1.165) is 13.0 Å². The molecule has 2 heteroatoms. The highest BCUT2D eigenvalue weighted by Crippen LogP contribution is 2.24. The van der Waals surface area contributed by atoms with Crippen LogP contribution in [-0.4, -0.2) is 12.6 Å². The molecule has 1 unspecified atom stereocenters. The van der Waals surface area contributed by atoms with Crippen molar-refractivity contribution < 1.29 is 0 Å². The Kier molecular flexibility index (Phi) is 5.17. The van der Waals surface area contributed by atoms with Crippen LogP contribution < -0.4 is 5.32 Å². The summed E-state index contributed by atoms with van der Waals surface area (Å²) in [4.78, 5) is 2.88. The number of benzene rings is 1. The highest BCUT2D eigenvalue weighted by molar-refractivity contribution is 7.11. The van der Waals surface area contributed by atoms with Gasteiger partial charge >= 0.3 is 0 Å². The van der Waals surface area contributed by atoms with Gasteiger partial charge in [-0.3, -0.25) is 0 Å². The van der Waals surface area contributed by atoms with E-state index < -0.39 is 0 Å². The normalized spacial score (nSPS) is 12.8. The molecule has 0 aliphatic rings. The zero-order chi connectivity index (χ0) is 13.7. The van der Waals surface area contributed by atoms with Crippen molar-refractivity contribution >= 4 is 11.3 Å². The molecular formula is C17H23NS. The molecule has 2 rings (SSSR count). The zero-order valence-electron chi connectivity index (χ0n) is 12.0. The molecule has 19 heavy (non-hydrogen) atoms. The lowest BCUT2D eigenvalue weighted by atomic mass is 9.94. The predicted molar refractivity (Wildman–Crippen MR) is 85.1 cm³/mol. The van der Waals surface area contributed by atoms with E-state index in [2.05, 4.69) is 68.6 Å². The van der Waals surface area contributed by atoms with Gasteiger partial charge in [0.2, 0.25) is 0 Å². The van der Waals surface area contributed by atoms with Gasteiger partial charge in [-0.15, -0.1) is 11.3 Å². The molecule has 0 saturated heterocycles. The van der Waals surface area contributed by atoms with Crippen LogP contribution in [0.4, 0.5) is 0 Å². The molecule has 1 nitrogen and oxygen atoms in total. The van der Waals surface area contributed by atoms with Crippen LogP contribution in [0.1, 0.15) is 35.1 Å². The molecule has 1 aromatic carbocycles. The van der Waals surface area contributed by atoms with E-state index in [1.54, 1.807) is 0 Å². The lowest BCUT2D eigenvalue weighted by molar-refractivity contribution is 0.528. The van der Waals surface area contributed by atoms with Crippen molar-refractivity contribution in [2.24, 2.45) is 0 Å².